The summed E-state index contributed by atoms with van der Waals surface area (Å²) in [6.07, 6.45) is 3.40. The summed E-state index contributed by atoms with van der Waals surface area (Å²) in [6, 6.07) is 6.99. The third-order valence-corrected chi connectivity index (χ3v) is 6.45. The highest BCUT2D eigenvalue weighted by molar-refractivity contribution is 7.91. The van der Waals surface area contributed by atoms with E-state index in [9.17, 15) is 13.2 Å². The number of nitrogens with zero attached hydrogens (tertiary/aromatic N) is 3. The van der Waals surface area contributed by atoms with Gasteiger partial charge in [-0.1, -0.05) is 18.2 Å². The van der Waals surface area contributed by atoms with Crippen molar-refractivity contribution < 1.29 is 17.9 Å². The van der Waals surface area contributed by atoms with Crippen LogP contribution in [-0.4, -0.2) is 53.7 Å². The van der Waals surface area contributed by atoms with E-state index < -0.39 is 21.8 Å². The Morgan fingerprint density at radius 3 is 2.88 bits per heavy atom. The third-order valence-electron chi connectivity index (χ3n) is 4.82. The molecule has 1 aromatic carbocycles. The van der Waals surface area contributed by atoms with E-state index in [0.717, 1.165) is 16.9 Å². The minimum atomic E-state index is -3.18. The molecule has 8 heteroatoms. The summed E-state index contributed by atoms with van der Waals surface area (Å²) in [5, 5.41) is 4.13. The number of aromatic nitrogens is 2. The average Bonchev–Trinajstić information content (AvgIpc) is 3.19. The van der Waals surface area contributed by atoms with Gasteiger partial charge in [0.2, 0.25) is 5.91 Å². The van der Waals surface area contributed by atoms with Gasteiger partial charge in [-0.15, -0.1) is 0 Å². The molecule has 2 aromatic rings. The van der Waals surface area contributed by atoms with Gasteiger partial charge in [0.25, 0.3) is 0 Å². The molecule has 132 valence electrons. The molecule has 0 radical (unpaired) electrons. The van der Waals surface area contributed by atoms with Crippen LogP contribution in [0.5, 0.6) is 5.75 Å². The molecule has 0 unspecified atom stereocenters. The van der Waals surface area contributed by atoms with Crippen LogP contribution in [0.2, 0.25) is 0 Å². The number of benzene rings is 1. The molecule has 7 nitrogen and oxygen atoms in total. The van der Waals surface area contributed by atoms with Crippen LogP contribution >= 0.6 is 0 Å². The number of sulfone groups is 1. The SMILES string of the molecule is Cn1cc([C@@H]2CS(=O)(=O)CCN2C(=O)[C@@H]2COc3ccccc32)cn1. The summed E-state index contributed by atoms with van der Waals surface area (Å²) in [7, 11) is -1.41. The van der Waals surface area contributed by atoms with Gasteiger partial charge in [-0.3, -0.25) is 9.48 Å². The van der Waals surface area contributed by atoms with Crippen LogP contribution in [0.3, 0.4) is 0 Å². The fraction of sp³-hybridized carbons (Fsp3) is 0.412. The molecule has 2 aliphatic heterocycles. The number of hydrogen-bond acceptors (Lipinski definition) is 5. The van der Waals surface area contributed by atoms with Crippen molar-refractivity contribution in [2.75, 3.05) is 24.7 Å². The first-order valence-corrected chi connectivity index (χ1v) is 9.98. The Morgan fingerprint density at radius 2 is 2.12 bits per heavy atom. The van der Waals surface area contributed by atoms with Crippen LogP contribution in [0, 0.1) is 0 Å². The highest BCUT2D eigenvalue weighted by Crippen LogP contribution is 2.37. The van der Waals surface area contributed by atoms with Crippen LogP contribution in [0.25, 0.3) is 0 Å². The van der Waals surface area contributed by atoms with Gasteiger partial charge in [0, 0.05) is 30.9 Å². The Morgan fingerprint density at radius 1 is 1.32 bits per heavy atom. The molecule has 0 saturated carbocycles. The second kappa shape index (κ2) is 5.87. The van der Waals surface area contributed by atoms with Crippen molar-refractivity contribution in [3.8, 4) is 5.75 Å². The van der Waals surface area contributed by atoms with Gasteiger partial charge >= 0.3 is 0 Å². The summed E-state index contributed by atoms with van der Waals surface area (Å²) in [5.41, 5.74) is 1.61. The quantitative estimate of drug-likeness (QED) is 0.794. The van der Waals surface area contributed by atoms with Gasteiger partial charge in [-0.25, -0.2) is 8.42 Å². The summed E-state index contributed by atoms with van der Waals surface area (Å²) in [6.45, 7) is 0.487. The smallest absolute Gasteiger partial charge is 0.234 e. The van der Waals surface area contributed by atoms with Crippen molar-refractivity contribution in [2.24, 2.45) is 7.05 Å². The highest BCUT2D eigenvalue weighted by atomic mass is 32.2. The summed E-state index contributed by atoms with van der Waals surface area (Å²) < 4.78 is 31.5. The Kier molecular flexibility index (Phi) is 3.79. The number of aryl methyl sites for hydroxylation is 1. The number of amides is 1. The average molecular weight is 361 g/mol. The molecular formula is C17H19N3O4S. The lowest BCUT2D eigenvalue weighted by Gasteiger charge is -2.36. The number of ether oxygens (including phenoxy) is 1. The Labute approximate surface area is 146 Å². The molecule has 1 saturated heterocycles. The minimum Gasteiger partial charge on any atom is -0.492 e. The molecule has 0 spiro atoms. The molecule has 1 amide bonds. The van der Waals surface area contributed by atoms with E-state index in [1.54, 1.807) is 29.0 Å². The van der Waals surface area contributed by atoms with E-state index in [-0.39, 0.29) is 24.0 Å². The van der Waals surface area contributed by atoms with Gasteiger partial charge in [0.1, 0.15) is 18.3 Å². The number of carbonyl (C=O) groups excluding carboxylic acids is 1. The molecule has 2 aliphatic rings. The lowest BCUT2D eigenvalue weighted by molar-refractivity contribution is -0.135. The number of fused-ring (bicyclic) bond motifs is 1. The van der Waals surface area contributed by atoms with Crippen molar-refractivity contribution >= 4 is 15.7 Å². The largest absolute Gasteiger partial charge is 0.492 e. The van der Waals surface area contributed by atoms with Crippen LogP contribution < -0.4 is 4.74 Å². The summed E-state index contributed by atoms with van der Waals surface area (Å²) in [4.78, 5) is 14.9. The Hall–Kier alpha value is -2.35. The molecule has 25 heavy (non-hydrogen) atoms. The number of rotatable bonds is 2. The van der Waals surface area contributed by atoms with Crippen molar-refractivity contribution in [1.29, 1.82) is 0 Å². The molecule has 3 heterocycles. The van der Waals surface area contributed by atoms with E-state index >= 15 is 0 Å². The molecule has 1 fully saturated rings. The van der Waals surface area contributed by atoms with Crippen LogP contribution in [0.15, 0.2) is 36.7 Å². The van der Waals surface area contributed by atoms with E-state index in [0.29, 0.717) is 6.61 Å². The fourth-order valence-electron chi connectivity index (χ4n) is 3.53. The normalized spacial score (nSPS) is 24.6. The van der Waals surface area contributed by atoms with Crippen molar-refractivity contribution in [3.63, 3.8) is 0 Å². The molecule has 0 bridgehead atoms. The zero-order valence-corrected chi connectivity index (χ0v) is 14.6. The highest BCUT2D eigenvalue weighted by Gasteiger charge is 2.41. The lowest BCUT2D eigenvalue weighted by Crippen LogP contribution is -2.48. The standard InChI is InChI=1S/C17H19N3O4S/c1-19-9-12(8-18-19)15-11-25(22,23)7-6-20(15)17(21)14-10-24-16-5-3-2-4-13(14)16/h2-5,8-9,14-15H,6-7,10-11H2,1H3/t14-,15+/m1/s1. The van der Waals surface area contributed by atoms with Crippen LogP contribution in [0.4, 0.5) is 0 Å². The predicted octanol–water partition coefficient (Wildman–Crippen LogP) is 0.894. The fourth-order valence-corrected chi connectivity index (χ4v) is 5.02. The van der Waals surface area contributed by atoms with Crippen molar-refractivity contribution in [1.82, 2.24) is 14.7 Å². The zero-order valence-electron chi connectivity index (χ0n) is 13.8. The number of hydrogen-bond donors (Lipinski definition) is 0. The van der Waals surface area contributed by atoms with Crippen LogP contribution in [0.1, 0.15) is 23.1 Å². The van der Waals surface area contributed by atoms with E-state index in [1.807, 2.05) is 24.3 Å². The first-order chi connectivity index (χ1) is 11.9. The van der Waals surface area contributed by atoms with Gasteiger partial charge in [0.05, 0.1) is 23.7 Å². The molecule has 1 aromatic heterocycles. The molecule has 4 rings (SSSR count). The second-order valence-corrected chi connectivity index (χ2v) is 8.74. The van der Waals surface area contributed by atoms with Gasteiger partial charge in [-0.05, 0) is 6.07 Å². The maximum absolute atomic E-state index is 13.2. The monoisotopic (exact) mass is 361 g/mol. The van der Waals surface area contributed by atoms with Gasteiger partial charge in [0.15, 0.2) is 9.84 Å². The molecule has 0 aliphatic carbocycles. The van der Waals surface area contributed by atoms with E-state index in [1.165, 1.54) is 0 Å². The van der Waals surface area contributed by atoms with Crippen molar-refractivity contribution in [3.05, 3.63) is 47.8 Å². The Bertz CT molecular complexity index is 921. The number of carbonyl (C=O) groups is 1. The first-order valence-electron chi connectivity index (χ1n) is 8.16. The summed E-state index contributed by atoms with van der Waals surface area (Å²) in [5.74, 6) is 0.165. The first kappa shape index (κ1) is 16.1. The molecule has 0 N–H and O–H groups in total. The Balaban J connectivity index is 1.66. The topological polar surface area (TPSA) is 81.5 Å². The van der Waals surface area contributed by atoms with E-state index in [2.05, 4.69) is 5.10 Å². The van der Waals surface area contributed by atoms with Crippen molar-refractivity contribution in [2.45, 2.75) is 12.0 Å². The second-order valence-electron chi connectivity index (χ2n) is 6.51. The van der Waals surface area contributed by atoms with Crippen LogP contribution in [-0.2, 0) is 21.7 Å². The van der Waals surface area contributed by atoms with Gasteiger partial charge in [-0.2, -0.15) is 5.10 Å². The molecular weight excluding hydrogens is 342 g/mol. The maximum atomic E-state index is 13.2. The molecule has 2 atom stereocenters. The minimum absolute atomic E-state index is 0.00920. The summed E-state index contributed by atoms with van der Waals surface area (Å²) >= 11 is 0. The lowest BCUT2D eigenvalue weighted by atomic mass is 9.98. The third kappa shape index (κ3) is 2.90. The predicted molar refractivity (Wildman–Crippen MR) is 91.0 cm³/mol. The number of para-hydroxylation sites is 1. The zero-order chi connectivity index (χ0) is 17.6. The van der Waals surface area contributed by atoms with E-state index in [4.69, 9.17) is 4.74 Å². The maximum Gasteiger partial charge on any atom is 0.234 e. The van der Waals surface area contributed by atoms with Gasteiger partial charge < -0.3 is 9.64 Å².